The molecule has 0 amide bonds. The summed E-state index contributed by atoms with van der Waals surface area (Å²) in [5, 5.41) is 0.134. The van der Waals surface area contributed by atoms with Crippen molar-refractivity contribution >= 4 is 34.8 Å². The number of carbonyl (C=O) groups excluding carboxylic acids is 2. The molecule has 0 fully saturated rings. The van der Waals surface area contributed by atoms with Crippen molar-refractivity contribution in [1.29, 1.82) is 0 Å². The monoisotopic (exact) mass is 290 g/mol. The summed E-state index contributed by atoms with van der Waals surface area (Å²) in [6, 6.07) is 4.33. The van der Waals surface area contributed by atoms with E-state index in [-0.39, 0.29) is 15.6 Å². The topological polar surface area (TPSA) is 34.1 Å². The first-order chi connectivity index (χ1) is 8.40. The average molecular weight is 291 g/mol. The molecule has 0 aliphatic rings. The van der Waals surface area contributed by atoms with Crippen LogP contribution in [0.3, 0.4) is 0 Å². The van der Waals surface area contributed by atoms with Crippen molar-refractivity contribution in [2.45, 2.75) is 26.4 Å². The van der Waals surface area contributed by atoms with Crippen molar-refractivity contribution in [3.63, 3.8) is 0 Å². The molecule has 0 bridgehead atoms. The Labute approximate surface area is 115 Å². The molecular formula is C13H13Cl2FO2. The predicted molar refractivity (Wildman–Crippen MR) is 70.2 cm³/mol. The van der Waals surface area contributed by atoms with E-state index < -0.39 is 23.7 Å². The van der Waals surface area contributed by atoms with Gasteiger partial charge in [-0.1, -0.05) is 43.1 Å². The summed E-state index contributed by atoms with van der Waals surface area (Å²) in [7, 11) is 0. The van der Waals surface area contributed by atoms with Crippen LogP contribution in [0.5, 0.6) is 0 Å². The Morgan fingerprint density at radius 1 is 1.33 bits per heavy atom. The Bertz CT molecular complexity index is 474. The molecule has 2 unspecified atom stereocenters. The third-order valence-electron chi connectivity index (χ3n) is 2.80. The quantitative estimate of drug-likeness (QED) is 0.604. The highest BCUT2D eigenvalue weighted by Gasteiger charge is 2.31. The van der Waals surface area contributed by atoms with Crippen LogP contribution < -0.4 is 0 Å². The first-order valence-corrected chi connectivity index (χ1v) is 6.31. The molecule has 0 aliphatic carbocycles. The van der Waals surface area contributed by atoms with Crippen LogP contribution in [0, 0.1) is 5.92 Å². The highest BCUT2D eigenvalue weighted by Crippen LogP contribution is 2.27. The van der Waals surface area contributed by atoms with Gasteiger partial charge in [0.05, 0.1) is 10.0 Å². The van der Waals surface area contributed by atoms with Crippen LogP contribution in [0.4, 0.5) is 4.39 Å². The Balaban J connectivity index is 3.01. The molecule has 0 saturated heterocycles. The van der Waals surface area contributed by atoms with E-state index in [9.17, 15) is 14.0 Å². The van der Waals surface area contributed by atoms with Gasteiger partial charge in [0.25, 0.3) is 0 Å². The largest absolute Gasteiger partial charge is 0.296 e. The number of halogens is 3. The molecule has 5 heteroatoms. The van der Waals surface area contributed by atoms with E-state index in [0.29, 0.717) is 6.42 Å². The van der Waals surface area contributed by atoms with Gasteiger partial charge in [0, 0.05) is 11.5 Å². The number of carbonyl (C=O) groups is 2. The van der Waals surface area contributed by atoms with E-state index in [2.05, 4.69) is 0 Å². The fourth-order valence-electron chi connectivity index (χ4n) is 1.41. The van der Waals surface area contributed by atoms with Crippen molar-refractivity contribution in [2.24, 2.45) is 5.92 Å². The molecule has 0 radical (unpaired) electrons. The zero-order valence-electron chi connectivity index (χ0n) is 10.0. The minimum atomic E-state index is -2.18. The third-order valence-corrected chi connectivity index (χ3v) is 3.61. The average Bonchev–Trinajstić information content (AvgIpc) is 2.38. The van der Waals surface area contributed by atoms with Gasteiger partial charge in [-0.05, 0) is 18.6 Å². The van der Waals surface area contributed by atoms with Crippen molar-refractivity contribution in [1.82, 2.24) is 0 Å². The molecule has 1 aromatic rings. The van der Waals surface area contributed by atoms with Gasteiger partial charge in [-0.3, -0.25) is 9.59 Å². The zero-order chi connectivity index (χ0) is 13.9. The second kappa shape index (κ2) is 6.30. The molecule has 0 aliphatic heterocycles. The molecule has 0 saturated carbocycles. The Morgan fingerprint density at radius 2 is 1.94 bits per heavy atom. The Morgan fingerprint density at radius 3 is 2.50 bits per heavy atom. The molecule has 0 heterocycles. The highest BCUT2D eigenvalue weighted by molar-refractivity contribution is 6.44. The highest BCUT2D eigenvalue weighted by atomic mass is 35.5. The van der Waals surface area contributed by atoms with E-state index in [0.717, 1.165) is 0 Å². The predicted octanol–water partition coefficient (Wildman–Crippen LogP) is 4.13. The molecule has 1 aromatic carbocycles. The zero-order valence-corrected chi connectivity index (χ0v) is 11.6. The lowest BCUT2D eigenvalue weighted by atomic mass is 9.95. The van der Waals surface area contributed by atoms with Crippen molar-refractivity contribution in [3.8, 4) is 0 Å². The summed E-state index contributed by atoms with van der Waals surface area (Å²) < 4.78 is 13.8. The van der Waals surface area contributed by atoms with Gasteiger partial charge < -0.3 is 0 Å². The molecule has 2 nitrogen and oxygen atoms in total. The molecule has 18 heavy (non-hydrogen) atoms. The summed E-state index contributed by atoms with van der Waals surface area (Å²) in [5.74, 6) is -2.16. The van der Waals surface area contributed by atoms with Crippen LogP contribution in [-0.2, 0) is 4.79 Å². The van der Waals surface area contributed by atoms with Crippen molar-refractivity contribution < 1.29 is 14.0 Å². The first-order valence-electron chi connectivity index (χ1n) is 5.56. The molecule has 98 valence electrons. The summed E-state index contributed by atoms with van der Waals surface area (Å²) in [4.78, 5) is 23.5. The van der Waals surface area contributed by atoms with Gasteiger partial charge in [0.2, 0.25) is 12.0 Å². The van der Waals surface area contributed by atoms with Crippen LogP contribution in [-0.4, -0.2) is 17.7 Å². The number of alkyl halides is 1. The lowest BCUT2D eigenvalue weighted by molar-refractivity contribution is -0.125. The maximum Gasteiger partial charge on any atom is 0.221 e. The second-order valence-electron chi connectivity index (χ2n) is 4.04. The number of benzene rings is 1. The van der Waals surface area contributed by atoms with Crippen LogP contribution in [0.15, 0.2) is 18.2 Å². The lowest BCUT2D eigenvalue weighted by Crippen LogP contribution is -2.30. The van der Waals surface area contributed by atoms with Crippen molar-refractivity contribution in [2.75, 3.05) is 0 Å². The fraction of sp³-hybridized carbons (Fsp3) is 0.385. The molecular weight excluding hydrogens is 278 g/mol. The van der Waals surface area contributed by atoms with E-state index in [1.807, 2.05) is 0 Å². The smallest absolute Gasteiger partial charge is 0.221 e. The maximum absolute atomic E-state index is 13.8. The van der Waals surface area contributed by atoms with Crippen LogP contribution in [0.25, 0.3) is 0 Å². The van der Waals surface area contributed by atoms with Crippen molar-refractivity contribution in [3.05, 3.63) is 33.8 Å². The molecule has 2 atom stereocenters. The standard InChI is InChI=1S/C13H13Cl2FO2/c1-3-7(2)12(17)11(16)13(18)8-5-4-6-9(14)10(8)15/h4-7,11H,3H2,1-2H3. The van der Waals surface area contributed by atoms with Gasteiger partial charge in [0.1, 0.15) is 0 Å². The van der Waals surface area contributed by atoms with Gasteiger partial charge in [-0.25, -0.2) is 4.39 Å². The summed E-state index contributed by atoms with van der Waals surface area (Å²) in [6.07, 6.45) is -1.70. The lowest BCUT2D eigenvalue weighted by Gasteiger charge is -2.12. The fourth-order valence-corrected chi connectivity index (χ4v) is 1.80. The molecule has 0 spiro atoms. The van der Waals surface area contributed by atoms with Crippen LogP contribution >= 0.6 is 23.2 Å². The maximum atomic E-state index is 13.8. The third kappa shape index (κ3) is 3.09. The van der Waals surface area contributed by atoms with E-state index in [4.69, 9.17) is 23.2 Å². The van der Waals surface area contributed by atoms with Gasteiger partial charge in [-0.15, -0.1) is 0 Å². The van der Waals surface area contributed by atoms with E-state index >= 15 is 0 Å². The van der Waals surface area contributed by atoms with Gasteiger partial charge in [0.15, 0.2) is 5.78 Å². The Hall–Kier alpha value is -0.930. The number of ketones is 2. The number of hydrogen-bond donors (Lipinski definition) is 0. The summed E-state index contributed by atoms with van der Waals surface area (Å²) in [6.45, 7) is 3.34. The normalized spacial score (nSPS) is 14.1. The van der Waals surface area contributed by atoms with Crippen LogP contribution in [0.2, 0.25) is 10.0 Å². The number of hydrogen-bond acceptors (Lipinski definition) is 2. The minimum absolute atomic E-state index is 0.0243. The SMILES string of the molecule is CCC(C)C(=O)C(F)C(=O)c1cccc(Cl)c1Cl. The van der Waals surface area contributed by atoms with Gasteiger partial charge >= 0.3 is 0 Å². The van der Waals surface area contributed by atoms with Gasteiger partial charge in [-0.2, -0.15) is 0 Å². The minimum Gasteiger partial charge on any atom is -0.296 e. The summed E-state index contributed by atoms with van der Waals surface area (Å²) in [5.41, 5.74) is -0.0617. The first kappa shape index (κ1) is 15.1. The van der Waals surface area contributed by atoms with E-state index in [1.54, 1.807) is 13.8 Å². The molecule has 1 rings (SSSR count). The molecule has 0 aromatic heterocycles. The second-order valence-corrected chi connectivity index (χ2v) is 4.83. The van der Waals surface area contributed by atoms with Crippen LogP contribution in [0.1, 0.15) is 30.6 Å². The number of rotatable bonds is 5. The summed E-state index contributed by atoms with van der Waals surface area (Å²) >= 11 is 11.6. The van der Waals surface area contributed by atoms with E-state index in [1.165, 1.54) is 18.2 Å². The molecule has 0 N–H and O–H groups in total. The number of Topliss-reactive ketones (excluding diaryl/α,β-unsaturated/α-hetero) is 2. The Kier molecular flexibility index (Phi) is 5.29.